The highest BCUT2D eigenvalue weighted by atomic mass is 16.5. The molecule has 86 valence electrons. The maximum atomic E-state index is 10.7. The Morgan fingerprint density at radius 2 is 2.25 bits per heavy atom. The zero-order chi connectivity index (χ0) is 11.4. The highest BCUT2D eigenvalue weighted by Gasteiger charge is 2.18. The van der Waals surface area contributed by atoms with Gasteiger partial charge in [-0.25, -0.2) is 0 Å². The third-order valence-electron chi connectivity index (χ3n) is 3.04. The van der Waals surface area contributed by atoms with Crippen molar-refractivity contribution in [3.05, 3.63) is 23.8 Å². The lowest BCUT2D eigenvalue weighted by Gasteiger charge is -2.25. The molecule has 0 aromatic heterocycles. The van der Waals surface area contributed by atoms with E-state index in [0.29, 0.717) is 17.2 Å². The molecule has 0 amide bonds. The lowest BCUT2D eigenvalue weighted by molar-refractivity contribution is 0.112. The third kappa shape index (κ3) is 2.35. The zero-order valence-corrected chi connectivity index (χ0v) is 9.44. The molecule has 16 heavy (non-hydrogen) atoms. The van der Waals surface area contributed by atoms with E-state index in [1.165, 1.54) is 19.3 Å². The molecule has 0 aliphatic heterocycles. The van der Waals surface area contributed by atoms with Crippen LogP contribution in [0.15, 0.2) is 18.2 Å². The minimum Gasteiger partial charge on any atom is -0.496 e. The van der Waals surface area contributed by atoms with Gasteiger partial charge in [-0.15, -0.1) is 0 Å². The van der Waals surface area contributed by atoms with Crippen molar-refractivity contribution < 1.29 is 14.3 Å². The van der Waals surface area contributed by atoms with E-state index in [1.807, 2.05) is 6.07 Å². The number of aldehydes is 1. The SMILES string of the molecule is COc1cc(OCC2CCC2)ccc1C=O. The predicted molar refractivity (Wildman–Crippen MR) is 61.2 cm³/mol. The Hall–Kier alpha value is -1.51. The van der Waals surface area contributed by atoms with Crippen LogP contribution >= 0.6 is 0 Å². The molecule has 0 spiro atoms. The second kappa shape index (κ2) is 5.01. The molecule has 1 fully saturated rings. The van der Waals surface area contributed by atoms with Crippen molar-refractivity contribution in [1.82, 2.24) is 0 Å². The van der Waals surface area contributed by atoms with Crippen molar-refractivity contribution in [3.8, 4) is 11.5 Å². The van der Waals surface area contributed by atoms with Gasteiger partial charge in [0, 0.05) is 6.07 Å². The summed E-state index contributed by atoms with van der Waals surface area (Å²) >= 11 is 0. The molecule has 1 aromatic carbocycles. The summed E-state index contributed by atoms with van der Waals surface area (Å²) in [5, 5.41) is 0. The maximum absolute atomic E-state index is 10.7. The quantitative estimate of drug-likeness (QED) is 0.716. The summed E-state index contributed by atoms with van der Waals surface area (Å²) in [4.78, 5) is 10.7. The van der Waals surface area contributed by atoms with Crippen LogP contribution in [0.5, 0.6) is 11.5 Å². The Morgan fingerprint density at radius 1 is 1.44 bits per heavy atom. The van der Waals surface area contributed by atoms with E-state index in [-0.39, 0.29) is 0 Å². The fraction of sp³-hybridized carbons (Fsp3) is 0.462. The van der Waals surface area contributed by atoms with Crippen molar-refractivity contribution in [3.63, 3.8) is 0 Å². The van der Waals surface area contributed by atoms with E-state index in [1.54, 1.807) is 19.2 Å². The third-order valence-corrected chi connectivity index (χ3v) is 3.04. The highest BCUT2D eigenvalue weighted by Crippen LogP contribution is 2.28. The average Bonchev–Trinajstić information content (AvgIpc) is 2.26. The fourth-order valence-electron chi connectivity index (χ4n) is 1.75. The number of hydrogen-bond donors (Lipinski definition) is 0. The Bertz CT molecular complexity index is 369. The number of rotatable bonds is 5. The molecule has 3 heteroatoms. The number of carbonyl (C=O) groups excluding carboxylic acids is 1. The maximum Gasteiger partial charge on any atom is 0.153 e. The van der Waals surface area contributed by atoms with Crippen molar-refractivity contribution in [2.75, 3.05) is 13.7 Å². The van der Waals surface area contributed by atoms with Gasteiger partial charge in [0.1, 0.15) is 11.5 Å². The van der Waals surface area contributed by atoms with Crippen LogP contribution in [0.1, 0.15) is 29.6 Å². The van der Waals surface area contributed by atoms with Crippen LogP contribution in [0.2, 0.25) is 0 Å². The normalized spacial score (nSPS) is 15.3. The molecule has 1 aliphatic carbocycles. The van der Waals surface area contributed by atoms with E-state index < -0.39 is 0 Å². The largest absolute Gasteiger partial charge is 0.496 e. The van der Waals surface area contributed by atoms with Gasteiger partial charge in [0.2, 0.25) is 0 Å². The second-order valence-electron chi connectivity index (χ2n) is 4.13. The first-order valence-electron chi connectivity index (χ1n) is 5.59. The number of carbonyl (C=O) groups is 1. The predicted octanol–water partition coefficient (Wildman–Crippen LogP) is 2.69. The van der Waals surface area contributed by atoms with Crippen LogP contribution in [-0.2, 0) is 0 Å². The van der Waals surface area contributed by atoms with Crippen molar-refractivity contribution in [1.29, 1.82) is 0 Å². The Balaban J connectivity index is 2.00. The smallest absolute Gasteiger partial charge is 0.153 e. The van der Waals surface area contributed by atoms with E-state index >= 15 is 0 Å². The Kier molecular flexibility index (Phi) is 3.44. The van der Waals surface area contributed by atoms with Gasteiger partial charge in [-0.1, -0.05) is 6.42 Å². The molecule has 0 bridgehead atoms. The molecule has 0 unspecified atom stereocenters. The van der Waals surface area contributed by atoms with Crippen LogP contribution < -0.4 is 9.47 Å². The van der Waals surface area contributed by atoms with Crippen LogP contribution in [0.25, 0.3) is 0 Å². The zero-order valence-electron chi connectivity index (χ0n) is 9.44. The van der Waals surface area contributed by atoms with E-state index in [4.69, 9.17) is 9.47 Å². The number of hydrogen-bond acceptors (Lipinski definition) is 3. The summed E-state index contributed by atoms with van der Waals surface area (Å²) in [5.74, 6) is 2.05. The summed E-state index contributed by atoms with van der Waals surface area (Å²) in [6, 6.07) is 5.30. The first-order valence-corrected chi connectivity index (χ1v) is 5.59. The van der Waals surface area contributed by atoms with Gasteiger partial charge in [-0.3, -0.25) is 4.79 Å². The average molecular weight is 220 g/mol. The van der Waals surface area contributed by atoms with Crippen molar-refractivity contribution in [2.45, 2.75) is 19.3 Å². The van der Waals surface area contributed by atoms with Gasteiger partial charge in [0.15, 0.2) is 6.29 Å². The molecular formula is C13H16O3. The Morgan fingerprint density at radius 3 is 2.81 bits per heavy atom. The van der Waals surface area contributed by atoms with Crippen LogP contribution in [0.3, 0.4) is 0 Å². The van der Waals surface area contributed by atoms with E-state index in [0.717, 1.165) is 18.6 Å². The fourth-order valence-corrected chi connectivity index (χ4v) is 1.75. The molecule has 1 saturated carbocycles. The van der Waals surface area contributed by atoms with E-state index in [9.17, 15) is 4.79 Å². The van der Waals surface area contributed by atoms with Gasteiger partial charge in [-0.05, 0) is 30.9 Å². The van der Waals surface area contributed by atoms with Gasteiger partial charge >= 0.3 is 0 Å². The number of benzene rings is 1. The molecule has 0 saturated heterocycles. The monoisotopic (exact) mass is 220 g/mol. The molecule has 1 aliphatic rings. The second-order valence-corrected chi connectivity index (χ2v) is 4.13. The van der Waals surface area contributed by atoms with Crippen LogP contribution in [-0.4, -0.2) is 20.0 Å². The van der Waals surface area contributed by atoms with Crippen LogP contribution in [0.4, 0.5) is 0 Å². The summed E-state index contributed by atoms with van der Waals surface area (Å²) < 4.78 is 10.8. The highest BCUT2D eigenvalue weighted by molar-refractivity contribution is 5.79. The van der Waals surface area contributed by atoms with Crippen molar-refractivity contribution in [2.24, 2.45) is 5.92 Å². The molecule has 3 nitrogen and oxygen atoms in total. The number of ether oxygens (including phenoxy) is 2. The first-order chi connectivity index (χ1) is 7.83. The lowest BCUT2D eigenvalue weighted by Crippen LogP contribution is -2.19. The van der Waals surface area contributed by atoms with Crippen LogP contribution in [0, 0.1) is 5.92 Å². The minimum atomic E-state index is 0.554. The molecule has 0 radical (unpaired) electrons. The molecule has 0 N–H and O–H groups in total. The molecule has 2 rings (SSSR count). The van der Waals surface area contributed by atoms with E-state index in [2.05, 4.69) is 0 Å². The van der Waals surface area contributed by atoms with Gasteiger partial charge in [-0.2, -0.15) is 0 Å². The minimum absolute atomic E-state index is 0.554. The van der Waals surface area contributed by atoms with Gasteiger partial charge < -0.3 is 9.47 Å². The topological polar surface area (TPSA) is 35.5 Å². The Labute approximate surface area is 95.4 Å². The lowest BCUT2D eigenvalue weighted by atomic mass is 9.86. The summed E-state index contributed by atoms with van der Waals surface area (Å²) in [6.45, 7) is 0.767. The summed E-state index contributed by atoms with van der Waals surface area (Å²) in [7, 11) is 1.55. The van der Waals surface area contributed by atoms with Crippen molar-refractivity contribution >= 4 is 6.29 Å². The molecule has 0 heterocycles. The summed E-state index contributed by atoms with van der Waals surface area (Å²) in [5.41, 5.74) is 0.554. The number of methoxy groups -OCH3 is 1. The standard InChI is InChI=1S/C13H16O3/c1-15-13-7-12(6-5-11(13)8-14)16-9-10-3-2-4-10/h5-8,10H,2-4,9H2,1H3. The molecular weight excluding hydrogens is 204 g/mol. The summed E-state index contributed by atoms with van der Waals surface area (Å²) in [6.07, 6.45) is 4.64. The first kappa shape index (κ1) is 11.0. The van der Waals surface area contributed by atoms with Gasteiger partial charge in [0.05, 0.1) is 19.3 Å². The van der Waals surface area contributed by atoms with Gasteiger partial charge in [0.25, 0.3) is 0 Å². The molecule has 0 atom stereocenters. The molecule has 1 aromatic rings.